The Balaban J connectivity index is 2.17. The molecule has 3 rings (SSSR count). The van der Waals surface area contributed by atoms with Gasteiger partial charge in [-0.1, -0.05) is 23.3 Å². The van der Waals surface area contributed by atoms with Gasteiger partial charge in [-0.25, -0.2) is 27.2 Å². The number of hydrogen-bond donors (Lipinski definition) is 3. The Morgan fingerprint density at radius 1 is 1.09 bits per heavy atom. The summed E-state index contributed by atoms with van der Waals surface area (Å²) in [7, 11) is -3.44. The van der Waals surface area contributed by atoms with Gasteiger partial charge in [-0.2, -0.15) is 18.3 Å². The summed E-state index contributed by atoms with van der Waals surface area (Å²) < 4.78 is 80.5. The van der Waals surface area contributed by atoms with E-state index in [0.717, 1.165) is 28.6 Å². The number of carbonyl (C=O) groups excluding carboxylic acids is 1. The number of pyridine rings is 1. The van der Waals surface area contributed by atoms with Gasteiger partial charge in [0.05, 0.1) is 16.8 Å². The van der Waals surface area contributed by atoms with Gasteiger partial charge in [0.25, 0.3) is 5.91 Å². The Labute approximate surface area is 257 Å². The van der Waals surface area contributed by atoms with Crippen LogP contribution in [-0.2, 0) is 16.2 Å². The van der Waals surface area contributed by atoms with E-state index in [9.17, 15) is 30.8 Å². The molecule has 16 heteroatoms. The number of aromatic nitrogens is 3. The van der Waals surface area contributed by atoms with E-state index >= 15 is 0 Å². The Bertz CT molecular complexity index is 1750. The molecule has 1 amide bonds. The number of allylic oxidation sites excluding steroid dienone is 3. The molecule has 0 spiro atoms. The lowest BCUT2D eigenvalue weighted by atomic mass is 10.0. The molecule has 3 aromatic rings. The number of benzene rings is 1. The highest BCUT2D eigenvalue weighted by Gasteiger charge is 2.35. The normalized spacial score (nSPS) is 12.9. The van der Waals surface area contributed by atoms with E-state index in [1.165, 1.54) is 37.5 Å². The molecule has 0 saturated carbocycles. The van der Waals surface area contributed by atoms with E-state index in [1.54, 1.807) is 26.8 Å². The fourth-order valence-corrected chi connectivity index (χ4v) is 4.46. The fourth-order valence-electron chi connectivity index (χ4n) is 3.81. The monoisotopic (exact) mass is 655 g/mol. The number of amidine groups is 1. The van der Waals surface area contributed by atoms with Crippen LogP contribution in [-0.4, -0.2) is 54.3 Å². The van der Waals surface area contributed by atoms with Gasteiger partial charge in [0.1, 0.15) is 11.7 Å². The van der Waals surface area contributed by atoms with Crippen LogP contribution in [0.4, 0.5) is 23.2 Å². The highest BCUT2D eigenvalue weighted by molar-refractivity contribution is 7.88. The Hall–Kier alpha value is -4.08. The largest absolute Gasteiger partial charge is 0.435 e. The number of amides is 1. The number of anilines is 1. The summed E-state index contributed by atoms with van der Waals surface area (Å²) in [5.41, 5.74) is 0.814. The molecule has 0 aliphatic heterocycles. The summed E-state index contributed by atoms with van der Waals surface area (Å²) in [6, 6.07) is 6.25. The smallest absolute Gasteiger partial charge is 0.351 e. The third kappa shape index (κ3) is 9.72. The highest BCUT2D eigenvalue weighted by atomic mass is 35.5. The van der Waals surface area contributed by atoms with Gasteiger partial charge < -0.3 is 10.6 Å². The lowest BCUT2D eigenvalue weighted by molar-refractivity contribution is -0.141. The molecule has 44 heavy (non-hydrogen) atoms. The van der Waals surface area contributed by atoms with E-state index in [2.05, 4.69) is 30.4 Å². The zero-order chi connectivity index (χ0) is 32.8. The summed E-state index contributed by atoms with van der Waals surface area (Å²) >= 11 is 5.89. The molecule has 0 radical (unpaired) electrons. The van der Waals surface area contributed by atoms with Gasteiger partial charge in [-0.15, -0.1) is 0 Å². The molecule has 2 aromatic heterocycles. The van der Waals surface area contributed by atoms with Crippen molar-refractivity contribution in [3.63, 3.8) is 0 Å². The Kier molecular flexibility index (Phi) is 11.1. The standard InChI is InChI=1S/C28H30ClF4N7O3S/c1-16(2)10-22(19-12-20(15-34-14-19)27(41)35-8-9-36-44(5,42)43)26(40-17(3)11-25(39-40)28(31,32)33)38-18(4)37-21-6-7-24(30)23(29)13-21/h6-7,10-15,36H,8-9H2,1-5H3,(H,35,41)(H,37,38)/b26-22-. The van der Waals surface area contributed by atoms with Gasteiger partial charge in [0, 0.05) is 48.0 Å². The number of halogens is 5. The van der Waals surface area contributed by atoms with Crippen LogP contribution in [0.2, 0.25) is 5.02 Å². The zero-order valence-corrected chi connectivity index (χ0v) is 25.9. The predicted molar refractivity (Wildman–Crippen MR) is 162 cm³/mol. The maximum absolute atomic E-state index is 13.7. The summed E-state index contributed by atoms with van der Waals surface area (Å²) in [6.45, 7) is 6.48. The van der Waals surface area contributed by atoms with Crippen LogP contribution in [0.25, 0.3) is 11.4 Å². The van der Waals surface area contributed by atoms with Crippen molar-refractivity contribution in [2.45, 2.75) is 33.9 Å². The van der Waals surface area contributed by atoms with Crippen LogP contribution in [0.1, 0.15) is 48.1 Å². The van der Waals surface area contributed by atoms with Crippen LogP contribution >= 0.6 is 11.6 Å². The van der Waals surface area contributed by atoms with E-state index in [4.69, 9.17) is 11.6 Å². The Morgan fingerprint density at radius 2 is 1.77 bits per heavy atom. The first-order valence-corrected chi connectivity index (χ1v) is 15.2. The van der Waals surface area contributed by atoms with Crippen molar-refractivity contribution in [2.75, 3.05) is 24.7 Å². The average Bonchev–Trinajstić information content (AvgIpc) is 3.32. The zero-order valence-electron chi connectivity index (χ0n) is 24.3. The number of nitrogens with zero attached hydrogens (tertiary/aromatic N) is 4. The SMILES string of the molecule is CC(C)=C/C(=C(\N=C(/C)Nc1ccc(F)c(Cl)c1)n1nc(C(F)(F)F)cc1C)c1cncc(C(=O)NCCNS(C)(=O)=O)c1. The van der Waals surface area contributed by atoms with Crippen molar-refractivity contribution >= 4 is 50.4 Å². The van der Waals surface area contributed by atoms with Gasteiger partial charge in [-0.3, -0.25) is 9.78 Å². The highest BCUT2D eigenvalue weighted by Crippen LogP contribution is 2.32. The average molecular weight is 656 g/mol. The molecule has 1 aromatic carbocycles. The number of rotatable bonds is 10. The number of carbonyl (C=O) groups is 1. The van der Waals surface area contributed by atoms with Crippen LogP contribution < -0.4 is 15.4 Å². The minimum atomic E-state index is -4.73. The number of sulfonamides is 1. The van der Waals surface area contributed by atoms with Gasteiger partial charge in [-0.05, 0) is 58.0 Å². The first-order valence-electron chi connectivity index (χ1n) is 12.9. The van der Waals surface area contributed by atoms with Crippen molar-refractivity contribution in [1.82, 2.24) is 24.8 Å². The van der Waals surface area contributed by atoms with Crippen molar-refractivity contribution in [3.05, 3.63) is 87.7 Å². The maximum Gasteiger partial charge on any atom is 0.435 e. The molecular formula is C28H30ClF4N7O3S. The second-order valence-corrected chi connectivity index (χ2v) is 12.1. The summed E-state index contributed by atoms with van der Waals surface area (Å²) in [5.74, 6) is -1.02. The minimum Gasteiger partial charge on any atom is -0.351 e. The molecule has 0 bridgehead atoms. The molecule has 10 nitrogen and oxygen atoms in total. The molecule has 0 fully saturated rings. The second-order valence-electron chi connectivity index (χ2n) is 9.88. The van der Waals surface area contributed by atoms with Crippen molar-refractivity contribution in [2.24, 2.45) is 4.99 Å². The summed E-state index contributed by atoms with van der Waals surface area (Å²) in [6.07, 6.45) is 0.621. The van der Waals surface area contributed by atoms with E-state index in [1.807, 2.05) is 0 Å². The second kappa shape index (κ2) is 14.1. The Morgan fingerprint density at radius 3 is 2.36 bits per heavy atom. The molecule has 236 valence electrons. The van der Waals surface area contributed by atoms with E-state index in [-0.39, 0.29) is 46.6 Å². The van der Waals surface area contributed by atoms with Crippen molar-refractivity contribution in [3.8, 4) is 0 Å². The molecular weight excluding hydrogens is 626 g/mol. The van der Waals surface area contributed by atoms with Crippen LogP contribution in [0, 0.1) is 12.7 Å². The third-order valence-electron chi connectivity index (χ3n) is 5.66. The molecule has 0 atom stereocenters. The summed E-state index contributed by atoms with van der Waals surface area (Å²) in [4.78, 5) is 21.6. The third-order valence-corrected chi connectivity index (χ3v) is 6.68. The van der Waals surface area contributed by atoms with Gasteiger partial charge in [0.15, 0.2) is 11.5 Å². The fraction of sp³-hybridized carbons (Fsp3) is 0.286. The van der Waals surface area contributed by atoms with Crippen molar-refractivity contribution < 1.29 is 30.8 Å². The van der Waals surface area contributed by atoms with E-state index in [0.29, 0.717) is 11.3 Å². The lowest BCUT2D eigenvalue weighted by Gasteiger charge is -2.15. The molecule has 0 unspecified atom stereocenters. The van der Waals surface area contributed by atoms with Crippen molar-refractivity contribution in [1.29, 1.82) is 0 Å². The van der Waals surface area contributed by atoms with Gasteiger partial charge in [0.2, 0.25) is 10.0 Å². The number of hydrogen-bond acceptors (Lipinski definition) is 6. The molecule has 0 aliphatic rings. The lowest BCUT2D eigenvalue weighted by Crippen LogP contribution is -2.34. The molecule has 0 saturated heterocycles. The van der Waals surface area contributed by atoms with E-state index < -0.39 is 33.6 Å². The maximum atomic E-state index is 13.7. The van der Waals surface area contributed by atoms with Gasteiger partial charge >= 0.3 is 6.18 Å². The predicted octanol–water partition coefficient (Wildman–Crippen LogP) is 5.50. The molecule has 3 N–H and O–H groups in total. The van der Waals surface area contributed by atoms with Crippen LogP contribution in [0.5, 0.6) is 0 Å². The number of aliphatic imine (C=N–C) groups is 1. The van der Waals surface area contributed by atoms with Crippen LogP contribution in [0.15, 0.2) is 59.4 Å². The number of alkyl halides is 3. The quantitative estimate of drug-likeness (QED) is 0.0870. The molecule has 0 aliphatic carbocycles. The number of nitrogens with one attached hydrogen (secondary N) is 3. The molecule has 2 heterocycles. The number of aryl methyl sites for hydroxylation is 1. The minimum absolute atomic E-state index is 0.00664. The first-order chi connectivity index (χ1) is 20.4. The van der Waals surface area contributed by atoms with Crippen LogP contribution in [0.3, 0.4) is 0 Å². The topological polar surface area (TPSA) is 130 Å². The summed E-state index contributed by atoms with van der Waals surface area (Å²) in [5, 5.41) is 9.18. The first kappa shape index (κ1) is 34.4.